The van der Waals surface area contributed by atoms with Crippen LogP contribution in [0.5, 0.6) is 0 Å². The highest BCUT2D eigenvalue weighted by Gasteiger charge is 2.10. The molecule has 0 saturated carbocycles. The monoisotopic (exact) mass is 349 g/mol. The Morgan fingerprint density at radius 3 is 2.50 bits per heavy atom. The maximum atomic E-state index is 11.9. The summed E-state index contributed by atoms with van der Waals surface area (Å²) in [6.07, 6.45) is 2.53. The summed E-state index contributed by atoms with van der Waals surface area (Å²) < 4.78 is 0. The van der Waals surface area contributed by atoms with Gasteiger partial charge in [-0.1, -0.05) is 42.5 Å². The van der Waals surface area contributed by atoms with Crippen LogP contribution in [0.4, 0.5) is 0 Å². The fraction of sp³-hybridized carbons (Fsp3) is 0.238. The zero-order chi connectivity index (χ0) is 18.4. The highest BCUT2D eigenvalue weighted by Crippen LogP contribution is 2.17. The van der Waals surface area contributed by atoms with Crippen molar-refractivity contribution in [2.24, 2.45) is 0 Å². The largest absolute Gasteiger partial charge is 0.361 e. The maximum Gasteiger partial charge on any atom is 0.229 e. The van der Waals surface area contributed by atoms with E-state index >= 15 is 0 Å². The van der Waals surface area contributed by atoms with Crippen LogP contribution in [-0.4, -0.2) is 23.3 Å². The van der Waals surface area contributed by atoms with Gasteiger partial charge < -0.3 is 15.6 Å². The molecule has 1 aromatic heterocycles. The first-order valence-electron chi connectivity index (χ1n) is 8.76. The Kier molecular flexibility index (Phi) is 5.69. The average Bonchev–Trinajstić information content (AvgIpc) is 3.04. The molecule has 0 saturated heterocycles. The van der Waals surface area contributed by atoms with Crippen LogP contribution in [0.3, 0.4) is 0 Å². The first-order chi connectivity index (χ1) is 12.6. The molecular weight excluding hydrogens is 326 g/mol. The van der Waals surface area contributed by atoms with Gasteiger partial charge in [-0.2, -0.15) is 0 Å². The highest BCUT2D eigenvalue weighted by atomic mass is 16.2. The predicted octanol–water partition coefficient (Wildman–Crippen LogP) is 2.84. The van der Waals surface area contributed by atoms with Crippen molar-refractivity contribution in [3.05, 3.63) is 71.4 Å². The molecule has 2 aromatic carbocycles. The molecule has 134 valence electrons. The molecule has 0 bridgehead atoms. The third-order valence-electron chi connectivity index (χ3n) is 4.45. The van der Waals surface area contributed by atoms with Crippen LogP contribution >= 0.6 is 0 Å². The van der Waals surface area contributed by atoms with E-state index in [0.29, 0.717) is 13.1 Å². The van der Waals surface area contributed by atoms with Crippen molar-refractivity contribution in [3.63, 3.8) is 0 Å². The van der Waals surface area contributed by atoms with E-state index in [1.54, 1.807) is 0 Å². The number of aromatic amines is 1. The smallest absolute Gasteiger partial charge is 0.229 e. The minimum atomic E-state index is -0.266. The lowest BCUT2D eigenvalue weighted by atomic mass is 10.1. The maximum absolute atomic E-state index is 11.9. The van der Waals surface area contributed by atoms with Gasteiger partial charge >= 0.3 is 0 Å². The Morgan fingerprint density at radius 2 is 1.65 bits per heavy atom. The minimum Gasteiger partial charge on any atom is -0.361 e. The number of hydrogen-bond donors (Lipinski definition) is 3. The van der Waals surface area contributed by atoms with Gasteiger partial charge in [-0.25, -0.2) is 0 Å². The molecule has 0 unspecified atom stereocenters. The molecule has 5 nitrogen and oxygen atoms in total. The molecule has 0 atom stereocenters. The van der Waals surface area contributed by atoms with E-state index in [1.165, 1.54) is 0 Å². The second-order valence-corrected chi connectivity index (χ2v) is 6.34. The van der Waals surface area contributed by atoms with Crippen molar-refractivity contribution in [2.45, 2.75) is 26.3 Å². The number of rotatable bonds is 7. The molecule has 0 aliphatic heterocycles. The second kappa shape index (κ2) is 8.34. The van der Waals surface area contributed by atoms with E-state index < -0.39 is 0 Å². The summed E-state index contributed by atoms with van der Waals surface area (Å²) in [4.78, 5) is 27.1. The molecule has 2 amide bonds. The SMILES string of the molecule is Cc1ccccc1CNC(=O)CC(=O)NCCc1c[nH]c2ccccc12. The van der Waals surface area contributed by atoms with E-state index in [4.69, 9.17) is 0 Å². The molecule has 0 spiro atoms. The molecular formula is C21H23N3O2. The van der Waals surface area contributed by atoms with Gasteiger partial charge in [0.05, 0.1) is 0 Å². The van der Waals surface area contributed by atoms with E-state index in [2.05, 4.69) is 21.7 Å². The van der Waals surface area contributed by atoms with Crippen molar-refractivity contribution in [2.75, 3.05) is 6.54 Å². The molecule has 3 rings (SSSR count). The molecule has 0 aliphatic rings. The van der Waals surface area contributed by atoms with Crippen LogP contribution in [-0.2, 0) is 22.6 Å². The van der Waals surface area contributed by atoms with Crippen molar-refractivity contribution in [1.29, 1.82) is 0 Å². The first-order valence-corrected chi connectivity index (χ1v) is 8.76. The lowest BCUT2D eigenvalue weighted by Crippen LogP contribution is -2.32. The fourth-order valence-corrected chi connectivity index (χ4v) is 2.95. The summed E-state index contributed by atoms with van der Waals surface area (Å²) in [7, 11) is 0. The standard InChI is InChI=1S/C21H23N3O2/c1-15-6-2-3-7-16(15)13-24-21(26)12-20(25)22-11-10-17-14-23-19-9-5-4-8-18(17)19/h2-9,14,23H,10-13H2,1H3,(H,22,25)(H,24,26). The number of aromatic nitrogens is 1. The predicted molar refractivity (Wildman–Crippen MR) is 103 cm³/mol. The number of H-pyrrole nitrogens is 1. The third kappa shape index (κ3) is 4.51. The van der Waals surface area contributed by atoms with E-state index in [0.717, 1.165) is 34.0 Å². The van der Waals surface area contributed by atoms with E-state index in [-0.39, 0.29) is 18.2 Å². The fourth-order valence-electron chi connectivity index (χ4n) is 2.95. The van der Waals surface area contributed by atoms with E-state index in [9.17, 15) is 9.59 Å². The van der Waals surface area contributed by atoms with Crippen molar-refractivity contribution in [3.8, 4) is 0 Å². The molecule has 0 radical (unpaired) electrons. The number of amides is 2. The van der Waals surface area contributed by atoms with Gasteiger partial charge in [0.2, 0.25) is 11.8 Å². The van der Waals surface area contributed by atoms with Crippen LogP contribution in [0.25, 0.3) is 10.9 Å². The molecule has 1 heterocycles. The van der Waals surface area contributed by atoms with Gasteiger partial charge in [-0.05, 0) is 36.1 Å². The first kappa shape index (κ1) is 17.7. The van der Waals surface area contributed by atoms with E-state index in [1.807, 2.05) is 55.6 Å². The topological polar surface area (TPSA) is 74.0 Å². The van der Waals surface area contributed by atoms with Crippen LogP contribution < -0.4 is 10.6 Å². The Morgan fingerprint density at radius 1 is 0.923 bits per heavy atom. The molecule has 26 heavy (non-hydrogen) atoms. The minimum absolute atomic E-state index is 0.153. The number of para-hydroxylation sites is 1. The number of hydrogen-bond acceptors (Lipinski definition) is 2. The Hall–Kier alpha value is -3.08. The summed E-state index contributed by atoms with van der Waals surface area (Å²) in [6.45, 7) is 2.94. The molecule has 3 N–H and O–H groups in total. The van der Waals surface area contributed by atoms with Gasteiger partial charge in [0.15, 0.2) is 0 Å². The Balaban J connectivity index is 1.41. The number of aryl methyl sites for hydroxylation is 1. The molecule has 0 fully saturated rings. The van der Waals surface area contributed by atoms with Crippen LogP contribution in [0.15, 0.2) is 54.7 Å². The van der Waals surface area contributed by atoms with Crippen molar-refractivity contribution >= 4 is 22.7 Å². The lowest BCUT2D eigenvalue weighted by Gasteiger charge is -2.08. The molecule has 3 aromatic rings. The van der Waals surface area contributed by atoms with Gasteiger partial charge in [0, 0.05) is 30.2 Å². The Bertz CT molecular complexity index is 914. The molecule has 5 heteroatoms. The van der Waals surface area contributed by atoms with Crippen LogP contribution in [0.1, 0.15) is 23.1 Å². The summed E-state index contributed by atoms with van der Waals surface area (Å²) >= 11 is 0. The zero-order valence-corrected chi connectivity index (χ0v) is 14.8. The Labute approximate surface area is 152 Å². The van der Waals surface area contributed by atoms with Gasteiger partial charge in [0.1, 0.15) is 6.42 Å². The number of nitrogens with one attached hydrogen (secondary N) is 3. The van der Waals surface area contributed by atoms with Crippen LogP contribution in [0, 0.1) is 6.92 Å². The van der Waals surface area contributed by atoms with Crippen molar-refractivity contribution < 1.29 is 9.59 Å². The third-order valence-corrected chi connectivity index (χ3v) is 4.45. The summed E-state index contributed by atoms with van der Waals surface area (Å²) in [5.74, 6) is -0.523. The summed E-state index contributed by atoms with van der Waals surface area (Å²) in [5.41, 5.74) is 4.42. The van der Waals surface area contributed by atoms with Crippen LogP contribution in [0.2, 0.25) is 0 Å². The van der Waals surface area contributed by atoms with Gasteiger partial charge in [-0.15, -0.1) is 0 Å². The van der Waals surface area contributed by atoms with Gasteiger partial charge in [-0.3, -0.25) is 9.59 Å². The average molecular weight is 349 g/mol. The van der Waals surface area contributed by atoms with Gasteiger partial charge in [0.25, 0.3) is 0 Å². The number of carbonyl (C=O) groups excluding carboxylic acids is 2. The zero-order valence-electron chi connectivity index (χ0n) is 14.8. The summed E-state index contributed by atoms with van der Waals surface area (Å²) in [6, 6.07) is 15.9. The quantitative estimate of drug-likeness (QED) is 0.574. The van der Waals surface area contributed by atoms with Crippen molar-refractivity contribution in [1.82, 2.24) is 15.6 Å². The lowest BCUT2D eigenvalue weighted by molar-refractivity contribution is -0.129. The highest BCUT2D eigenvalue weighted by molar-refractivity contribution is 5.96. The summed E-state index contributed by atoms with van der Waals surface area (Å²) in [5, 5.41) is 6.77. The molecule has 0 aliphatic carbocycles. The second-order valence-electron chi connectivity index (χ2n) is 6.34. The number of fused-ring (bicyclic) bond motifs is 1. The number of carbonyl (C=O) groups is 2. The normalized spacial score (nSPS) is 10.7. The number of benzene rings is 2.